The maximum atomic E-state index is 9.00. The summed E-state index contributed by atoms with van der Waals surface area (Å²) >= 11 is 0. The van der Waals surface area contributed by atoms with Crippen molar-refractivity contribution in [2.24, 2.45) is 5.92 Å². The molecule has 1 fully saturated rings. The van der Waals surface area contributed by atoms with Gasteiger partial charge in [0.2, 0.25) is 0 Å². The molecule has 0 aromatic carbocycles. The molecule has 11 heavy (non-hydrogen) atoms. The zero-order valence-corrected chi connectivity index (χ0v) is 6.95. The Labute approximate surface area is 67.9 Å². The van der Waals surface area contributed by atoms with Crippen LogP contribution in [0.4, 0.5) is 0 Å². The Hall–Kier alpha value is -0.0551. The van der Waals surface area contributed by atoms with Crippen LogP contribution in [-0.2, 0) is 0 Å². The summed E-state index contributed by atoms with van der Waals surface area (Å²) in [5, 5.41) is 20.9. The van der Waals surface area contributed by atoms with E-state index in [1.165, 1.54) is 0 Å². The summed E-state index contributed by atoms with van der Waals surface area (Å²) in [7, 11) is -0.419. The molecule has 1 rings (SSSR count). The van der Waals surface area contributed by atoms with Crippen molar-refractivity contribution in [3.05, 3.63) is 0 Å². The third-order valence-electron chi connectivity index (χ3n) is 2.28. The quantitative estimate of drug-likeness (QED) is 0.499. The van der Waals surface area contributed by atoms with Crippen LogP contribution in [0.5, 0.6) is 0 Å². The lowest BCUT2D eigenvalue weighted by Crippen LogP contribution is -2.38. The van der Waals surface area contributed by atoms with E-state index in [-0.39, 0.29) is 6.61 Å². The monoisotopic (exact) mass is 157 g/mol. The Balaban J connectivity index is 2.19. The van der Waals surface area contributed by atoms with Gasteiger partial charge in [0, 0.05) is 6.61 Å². The molecule has 0 aliphatic heterocycles. The van der Waals surface area contributed by atoms with E-state index in [1.54, 1.807) is 6.82 Å². The maximum absolute atomic E-state index is 9.00. The van der Waals surface area contributed by atoms with E-state index in [0.717, 1.165) is 19.3 Å². The van der Waals surface area contributed by atoms with Gasteiger partial charge in [-0.2, -0.15) is 0 Å². The molecule has 0 radical (unpaired) electrons. The van der Waals surface area contributed by atoms with E-state index in [4.69, 9.17) is 10.1 Å². The topological polar surface area (TPSA) is 52.5 Å². The third kappa shape index (κ3) is 2.81. The predicted molar refractivity (Wildman–Crippen MR) is 45.2 cm³/mol. The largest absolute Gasteiger partial charge is 0.437 e. The summed E-state index contributed by atoms with van der Waals surface area (Å²) in [4.78, 5) is 0. The lowest BCUT2D eigenvalue weighted by Gasteiger charge is -2.12. The van der Waals surface area contributed by atoms with Gasteiger partial charge in [-0.3, -0.25) is 0 Å². The average molecular weight is 157 g/mol. The standard InChI is InChI=1S/C7H16BNO2/c1-8(11)9-7-3-2-6(4-7)5-10/h6-7,9-11H,2-5H2,1H3/t6-,7+/m1/s1. The van der Waals surface area contributed by atoms with Gasteiger partial charge in [0.05, 0.1) is 0 Å². The highest BCUT2D eigenvalue weighted by molar-refractivity contribution is 6.45. The van der Waals surface area contributed by atoms with Crippen LogP contribution >= 0.6 is 0 Å². The lowest BCUT2D eigenvalue weighted by atomic mass is 9.87. The Kier molecular flexibility index (Phi) is 3.36. The molecule has 0 bridgehead atoms. The van der Waals surface area contributed by atoms with Crippen molar-refractivity contribution in [2.75, 3.05) is 6.61 Å². The van der Waals surface area contributed by atoms with E-state index in [0.29, 0.717) is 12.0 Å². The first kappa shape index (κ1) is 9.04. The Morgan fingerprint density at radius 1 is 1.55 bits per heavy atom. The van der Waals surface area contributed by atoms with Crippen molar-refractivity contribution in [3.63, 3.8) is 0 Å². The highest BCUT2D eigenvalue weighted by atomic mass is 16.3. The van der Waals surface area contributed by atoms with Gasteiger partial charge in [0.25, 0.3) is 0 Å². The molecule has 1 aliphatic carbocycles. The fraction of sp³-hybridized carbons (Fsp3) is 1.00. The molecule has 3 nitrogen and oxygen atoms in total. The molecular weight excluding hydrogens is 141 g/mol. The summed E-state index contributed by atoms with van der Waals surface area (Å²) in [5.41, 5.74) is 0. The Morgan fingerprint density at radius 3 is 2.73 bits per heavy atom. The Morgan fingerprint density at radius 2 is 2.27 bits per heavy atom. The molecule has 0 aromatic heterocycles. The van der Waals surface area contributed by atoms with Gasteiger partial charge in [-0.1, -0.05) is 0 Å². The highest BCUT2D eigenvalue weighted by Gasteiger charge is 2.24. The number of aliphatic hydroxyl groups excluding tert-OH is 1. The minimum atomic E-state index is -0.419. The average Bonchev–Trinajstić information content (AvgIpc) is 2.34. The molecule has 0 unspecified atom stereocenters. The lowest BCUT2D eigenvalue weighted by molar-refractivity contribution is 0.228. The van der Waals surface area contributed by atoms with Crippen LogP contribution < -0.4 is 5.23 Å². The molecule has 64 valence electrons. The molecule has 1 aliphatic rings. The second-order valence-corrected chi connectivity index (χ2v) is 3.40. The van der Waals surface area contributed by atoms with Crippen LogP contribution in [-0.4, -0.2) is 29.8 Å². The van der Waals surface area contributed by atoms with Gasteiger partial charge in [-0.05, 0) is 38.0 Å². The Bertz CT molecular complexity index is 121. The van der Waals surface area contributed by atoms with Crippen LogP contribution in [0.3, 0.4) is 0 Å². The van der Waals surface area contributed by atoms with Crippen molar-refractivity contribution in [1.29, 1.82) is 0 Å². The molecule has 3 N–H and O–H groups in total. The normalized spacial score (nSPS) is 30.8. The van der Waals surface area contributed by atoms with Gasteiger partial charge in [-0.15, -0.1) is 0 Å². The summed E-state index contributed by atoms with van der Waals surface area (Å²) in [6.07, 6.45) is 3.17. The zero-order chi connectivity index (χ0) is 8.27. The van der Waals surface area contributed by atoms with Crippen LogP contribution in [0.1, 0.15) is 19.3 Å². The van der Waals surface area contributed by atoms with E-state index in [2.05, 4.69) is 5.23 Å². The van der Waals surface area contributed by atoms with Crippen molar-refractivity contribution in [1.82, 2.24) is 5.23 Å². The van der Waals surface area contributed by atoms with Crippen LogP contribution in [0.25, 0.3) is 0 Å². The SMILES string of the molecule is CB(O)N[C@H]1CC[C@@H](CO)C1. The maximum Gasteiger partial charge on any atom is 0.373 e. The van der Waals surface area contributed by atoms with Crippen LogP contribution in [0.2, 0.25) is 6.82 Å². The van der Waals surface area contributed by atoms with Crippen molar-refractivity contribution in [2.45, 2.75) is 32.1 Å². The van der Waals surface area contributed by atoms with Crippen LogP contribution in [0.15, 0.2) is 0 Å². The van der Waals surface area contributed by atoms with E-state index in [9.17, 15) is 0 Å². The molecule has 0 amide bonds. The molecule has 1 saturated carbocycles. The first-order valence-electron chi connectivity index (χ1n) is 4.27. The van der Waals surface area contributed by atoms with Gasteiger partial charge in [0.1, 0.15) is 0 Å². The summed E-state index contributed by atoms with van der Waals surface area (Å²) in [6.45, 7) is 2.02. The van der Waals surface area contributed by atoms with E-state index in [1.807, 2.05) is 0 Å². The second-order valence-electron chi connectivity index (χ2n) is 3.40. The summed E-state index contributed by atoms with van der Waals surface area (Å²) in [6, 6.07) is 0.409. The number of hydrogen-bond acceptors (Lipinski definition) is 3. The van der Waals surface area contributed by atoms with Gasteiger partial charge in [-0.25, -0.2) is 0 Å². The van der Waals surface area contributed by atoms with E-state index < -0.39 is 7.05 Å². The number of rotatable bonds is 3. The fourth-order valence-corrected chi connectivity index (χ4v) is 1.73. The highest BCUT2D eigenvalue weighted by Crippen LogP contribution is 2.24. The molecule has 2 atom stereocenters. The number of aliphatic hydroxyl groups is 1. The molecule has 4 heteroatoms. The fourth-order valence-electron chi connectivity index (χ4n) is 1.73. The molecule has 0 heterocycles. The zero-order valence-electron chi connectivity index (χ0n) is 6.95. The minimum Gasteiger partial charge on any atom is -0.437 e. The predicted octanol–water partition coefficient (Wildman–Crippen LogP) is -0.153. The molecule has 0 spiro atoms. The van der Waals surface area contributed by atoms with E-state index >= 15 is 0 Å². The van der Waals surface area contributed by atoms with Crippen molar-refractivity contribution < 1.29 is 10.1 Å². The minimum absolute atomic E-state index is 0.290. The number of hydrogen-bond donors (Lipinski definition) is 3. The third-order valence-corrected chi connectivity index (χ3v) is 2.28. The first-order chi connectivity index (χ1) is 5.22. The van der Waals surface area contributed by atoms with Crippen molar-refractivity contribution in [3.8, 4) is 0 Å². The smallest absolute Gasteiger partial charge is 0.373 e. The second kappa shape index (κ2) is 4.09. The molecule has 0 saturated heterocycles. The first-order valence-corrected chi connectivity index (χ1v) is 4.27. The van der Waals surface area contributed by atoms with Gasteiger partial charge >= 0.3 is 7.05 Å². The molecule has 0 aromatic rings. The number of nitrogens with one attached hydrogen (secondary N) is 1. The van der Waals surface area contributed by atoms with Crippen LogP contribution in [0, 0.1) is 5.92 Å². The summed E-state index contributed by atoms with van der Waals surface area (Å²) in [5.74, 6) is 0.450. The van der Waals surface area contributed by atoms with Crippen molar-refractivity contribution >= 4 is 7.05 Å². The summed E-state index contributed by atoms with van der Waals surface area (Å²) < 4.78 is 0. The van der Waals surface area contributed by atoms with Gasteiger partial charge < -0.3 is 15.4 Å². The molecular formula is C7H16BNO2. The van der Waals surface area contributed by atoms with Gasteiger partial charge in [0.15, 0.2) is 0 Å².